The summed E-state index contributed by atoms with van der Waals surface area (Å²) in [4.78, 5) is 6.80. The zero-order valence-electron chi connectivity index (χ0n) is 41.2. The summed E-state index contributed by atoms with van der Waals surface area (Å²) < 4.78 is 35.1. The van der Waals surface area contributed by atoms with E-state index in [-0.39, 0.29) is 19.0 Å². The van der Waals surface area contributed by atoms with E-state index in [0.29, 0.717) is 5.56 Å². The number of anilines is 6. The summed E-state index contributed by atoms with van der Waals surface area (Å²) in [7, 11) is 0. The van der Waals surface area contributed by atoms with Gasteiger partial charge in [0.2, 0.25) is 6.71 Å². The van der Waals surface area contributed by atoms with Gasteiger partial charge in [-0.2, -0.15) is 0 Å². The Balaban J connectivity index is 1.09. The van der Waals surface area contributed by atoms with Crippen LogP contribution in [0.5, 0.6) is 0 Å². The summed E-state index contributed by atoms with van der Waals surface area (Å²) in [6.45, 7) is 3.75. The van der Waals surface area contributed by atoms with Gasteiger partial charge in [-0.1, -0.05) is 222 Å². The summed E-state index contributed by atoms with van der Waals surface area (Å²) in [5, 5.41) is 0. The maximum absolute atomic E-state index is 17.6. The van der Waals surface area contributed by atoms with Crippen LogP contribution in [0.15, 0.2) is 240 Å². The third kappa shape index (κ3) is 6.60. The molecule has 0 bridgehead atoms. The van der Waals surface area contributed by atoms with Crippen LogP contribution in [-0.2, 0) is 0 Å². The van der Waals surface area contributed by atoms with Gasteiger partial charge in [0.25, 0.3) is 6.71 Å². The topological polar surface area (TPSA) is 6.48 Å². The number of aryl methyl sites for hydroxylation is 2. The SMILES string of the molecule is Cc1ccc(-c2ccc(-c3cccc(-c4ccc(-c5ccc(C)cc5)cc4)c3N3c4ccccc4B4c5ccccc5N5c6ccccc6B6c7ccccc7Sc7c6c5c4c3c7-c3c(F)cccc3F)cc2)cc1. The number of nitrogens with zero attached hydrogens (tertiary/aromatic N) is 2. The van der Waals surface area contributed by atoms with E-state index in [4.69, 9.17) is 0 Å². The average Bonchev–Trinajstić information content (AvgIpc) is 3.50. The minimum absolute atomic E-state index is 0.0245. The zero-order chi connectivity index (χ0) is 50.1. The molecular formula is C68H44B2F2N2S. The molecule has 11 aromatic rings. The van der Waals surface area contributed by atoms with Crippen LogP contribution in [0.1, 0.15) is 11.1 Å². The summed E-state index contributed by atoms with van der Waals surface area (Å²) in [5.41, 5.74) is 24.2. The van der Waals surface area contributed by atoms with E-state index in [1.165, 1.54) is 34.8 Å². The third-order valence-corrected chi connectivity index (χ3v) is 17.3. The Morgan fingerprint density at radius 1 is 0.333 bits per heavy atom. The molecule has 0 spiro atoms. The Labute approximate surface area is 440 Å². The third-order valence-electron chi connectivity index (χ3n) is 16.0. The van der Waals surface area contributed by atoms with Crippen molar-refractivity contribution in [3.05, 3.63) is 253 Å². The van der Waals surface area contributed by atoms with Crippen molar-refractivity contribution in [1.82, 2.24) is 0 Å². The Kier molecular flexibility index (Phi) is 9.92. The van der Waals surface area contributed by atoms with Gasteiger partial charge >= 0.3 is 0 Å². The van der Waals surface area contributed by atoms with Crippen molar-refractivity contribution in [2.75, 3.05) is 9.80 Å². The van der Waals surface area contributed by atoms with Crippen LogP contribution in [0.3, 0.4) is 0 Å². The quantitative estimate of drug-likeness (QED) is 0.153. The van der Waals surface area contributed by atoms with Gasteiger partial charge < -0.3 is 9.80 Å². The number of benzene rings is 11. The molecule has 15 rings (SSSR count). The van der Waals surface area contributed by atoms with Crippen LogP contribution >= 0.6 is 11.8 Å². The van der Waals surface area contributed by atoms with Crippen molar-refractivity contribution in [2.24, 2.45) is 0 Å². The highest BCUT2D eigenvalue weighted by atomic mass is 32.2. The minimum atomic E-state index is -0.600. The summed E-state index contributed by atoms with van der Waals surface area (Å²) in [6, 6.07) is 80.8. The van der Waals surface area contributed by atoms with Crippen molar-refractivity contribution in [3.8, 4) is 55.6 Å². The molecule has 4 heterocycles. The molecule has 0 N–H and O–H groups in total. The molecular weight excluding hydrogens is 936 g/mol. The van der Waals surface area contributed by atoms with E-state index in [1.54, 1.807) is 11.8 Å². The monoisotopic (exact) mass is 980 g/mol. The molecule has 0 aliphatic carbocycles. The molecule has 2 nitrogen and oxygen atoms in total. The molecule has 0 fully saturated rings. The first-order valence-corrected chi connectivity index (χ1v) is 26.5. The van der Waals surface area contributed by atoms with E-state index in [1.807, 2.05) is 0 Å². The van der Waals surface area contributed by atoms with Gasteiger partial charge in [-0.05, 0) is 111 Å². The highest BCUT2D eigenvalue weighted by molar-refractivity contribution is 8.00. The fourth-order valence-electron chi connectivity index (χ4n) is 12.7. The molecule has 4 aliphatic rings. The molecule has 0 unspecified atom stereocenters. The van der Waals surface area contributed by atoms with Crippen LogP contribution < -0.4 is 42.6 Å². The van der Waals surface area contributed by atoms with Gasteiger partial charge in [-0.25, -0.2) is 8.78 Å². The Hall–Kier alpha value is -8.64. The van der Waals surface area contributed by atoms with E-state index in [0.717, 1.165) is 116 Å². The first-order valence-electron chi connectivity index (χ1n) is 25.7. The highest BCUT2D eigenvalue weighted by Crippen LogP contribution is 2.56. The predicted octanol–water partition coefficient (Wildman–Crippen LogP) is 14.3. The molecule has 4 aliphatic heterocycles. The maximum atomic E-state index is 17.6. The smallest absolute Gasteiger partial charge is 0.252 e. The Morgan fingerprint density at radius 2 is 0.733 bits per heavy atom. The van der Waals surface area contributed by atoms with E-state index in [9.17, 15) is 0 Å². The second-order valence-electron chi connectivity index (χ2n) is 20.3. The zero-order valence-corrected chi connectivity index (χ0v) is 42.0. The van der Waals surface area contributed by atoms with E-state index < -0.39 is 11.6 Å². The van der Waals surface area contributed by atoms with Gasteiger partial charge in [-0.3, -0.25) is 0 Å². The lowest BCUT2D eigenvalue weighted by molar-refractivity contribution is 0.589. The molecule has 0 aromatic heterocycles. The highest BCUT2D eigenvalue weighted by Gasteiger charge is 2.52. The molecule has 0 atom stereocenters. The molecule has 7 heteroatoms. The van der Waals surface area contributed by atoms with Crippen molar-refractivity contribution < 1.29 is 8.78 Å². The Morgan fingerprint density at radius 3 is 1.24 bits per heavy atom. The number of para-hydroxylation sites is 4. The largest absolute Gasteiger partial charge is 0.312 e. The summed E-state index contributed by atoms with van der Waals surface area (Å²) in [6.07, 6.45) is 0. The molecule has 11 aromatic carbocycles. The van der Waals surface area contributed by atoms with Gasteiger partial charge in [0.1, 0.15) is 11.6 Å². The predicted molar refractivity (Wildman–Crippen MR) is 312 cm³/mol. The summed E-state index contributed by atoms with van der Waals surface area (Å²) >= 11 is 1.64. The number of fused-ring (bicyclic) bond motifs is 10. The van der Waals surface area contributed by atoms with Crippen LogP contribution in [0, 0.1) is 25.5 Å². The number of rotatable bonds is 6. The van der Waals surface area contributed by atoms with Gasteiger partial charge in [0, 0.05) is 49.2 Å². The van der Waals surface area contributed by atoms with Crippen LogP contribution in [0.4, 0.5) is 42.9 Å². The summed E-state index contributed by atoms with van der Waals surface area (Å²) in [5.74, 6) is -1.20. The molecule has 0 saturated carbocycles. The van der Waals surface area contributed by atoms with Crippen LogP contribution in [0.25, 0.3) is 55.6 Å². The van der Waals surface area contributed by atoms with E-state index in [2.05, 4.69) is 236 Å². The van der Waals surface area contributed by atoms with E-state index >= 15 is 8.78 Å². The first kappa shape index (κ1) is 43.9. The number of halogens is 2. The normalized spacial score (nSPS) is 13.2. The molecule has 75 heavy (non-hydrogen) atoms. The van der Waals surface area contributed by atoms with Crippen molar-refractivity contribution in [3.63, 3.8) is 0 Å². The van der Waals surface area contributed by atoms with Crippen LogP contribution in [-0.4, -0.2) is 13.4 Å². The number of hydrogen-bond acceptors (Lipinski definition) is 3. The fourth-order valence-corrected chi connectivity index (χ4v) is 14.0. The minimum Gasteiger partial charge on any atom is -0.312 e. The van der Waals surface area contributed by atoms with Gasteiger partial charge in [0.05, 0.1) is 16.9 Å². The van der Waals surface area contributed by atoms with Gasteiger partial charge in [-0.15, -0.1) is 0 Å². The van der Waals surface area contributed by atoms with Gasteiger partial charge in [0.15, 0.2) is 0 Å². The number of hydrogen-bond donors (Lipinski definition) is 0. The average molecular weight is 981 g/mol. The van der Waals surface area contributed by atoms with Crippen molar-refractivity contribution in [2.45, 2.75) is 23.6 Å². The molecule has 0 amide bonds. The fraction of sp³-hybridized carbons (Fsp3) is 0.0294. The second kappa shape index (κ2) is 17.0. The second-order valence-corrected chi connectivity index (χ2v) is 21.3. The van der Waals surface area contributed by atoms with Crippen molar-refractivity contribution in [1.29, 1.82) is 0 Å². The lowest BCUT2D eigenvalue weighted by atomic mass is 9.29. The first-order chi connectivity index (χ1) is 36.9. The lowest BCUT2D eigenvalue weighted by Crippen LogP contribution is -2.68. The van der Waals surface area contributed by atoms with Crippen LogP contribution in [0.2, 0.25) is 0 Å². The Bertz CT molecular complexity index is 4020. The lowest BCUT2D eigenvalue weighted by Gasteiger charge is -2.50. The molecule has 352 valence electrons. The van der Waals surface area contributed by atoms with Crippen molar-refractivity contribution >= 4 is 92.1 Å². The maximum Gasteiger partial charge on any atom is 0.252 e. The molecule has 0 radical (unpaired) electrons. The molecule has 0 saturated heterocycles. The standard InChI is InChI=1S/C68H44B2F2N2S/c1-41-25-29-43(30-26-41)45-33-37-47(38-34-45)49-13-11-14-50(48-39-35-46(36-40-48)44-31-27-42(2)28-32-44)65(49)74-59-23-9-5-17-53(59)69-51-15-3-7-21-57(51)73-58-22-8-4-16-52(58)70-54-18-6-10-24-60(54)75-68-62(61-55(71)19-12-20-56(61)72)66(74)63(69)67(73)64(68)70/h3-40H,1-2H3.